The molecule has 1 aliphatic rings. The Labute approximate surface area is 161 Å². The van der Waals surface area contributed by atoms with Crippen molar-refractivity contribution in [3.63, 3.8) is 0 Å². The number of aromatic carboxylic acids is 1. The van der Waals surface area contributed by atoms with Crippen LogP contribution in [0.5, 0.6) is 0 Å². The number of hydrogen-bond donors (Lipinski definition) is 1. The van der Waals surface area contributed by atoms with Gasteiger partial charge in [0.2, 0.25) is 0 Å². The molecule has 3 rings (SSSR count). The summed E-state index contributed by atoms with van der Waals surface area (Å²) in [5.74, 6) is -0.619. The van der Waals surface area contributed by atoms with E-state index in [-0.39, 0.29) is 52.8 Å². The molecule has 0 unspecified atom stereocenters. The molecule has 2 aromatic rings. The van der Waals surface area contributed by atoms with Gasteiger partial charge in [-0.05, 0) is 27.2 Å². The maximum absolute atomic E-state index is 12.6. The van der Waals surface area contributed by atoms with E-state index in [0.29, 0.717) is 12.4 Å². The summed E-state index contributed by atoms with van der Waals surface area (Å²) in [6.07, 6.45) is 2.13. The van der Waals surface area contributed by atoms with Crippen molar-refractivity contribution >= 4 is 53.0 Å². The van der Waals surface area contributed by atoms with Crippen LogP contribution >= 0.6 is 0 Å². The minimum atomic E-state index is -1.09. The average Bonchev–Trinajstić information content (AvgIpc) is 2.91. The Bertz CT molecular complexity index is 789. The Morgan fingerprint density at radius 1 is 1.33 bits per heavy atom. The van der Waals surface area contributed by atoms with Gasteiger partial charge in [-0.25, -0.2) is 19.1 Å². The molecule has 1 aliphatic heterocycles. The molecular formula is C15H20N5NaO3. The van der Waals surface area contributed by atoms with E-state index in [1.165, 1.54) is 10.7 Å². The van der Waals surface area contributed by atoms with Gasteiger partial charge in [-0.15, -0.1) is 0 Å². The van der Waals surface area contributed by atoms with Crippen molar-refractivity contribution < 1.29 is 14.7 Å². The molecule has 2 aromatic heterocycles. The summed E-state index contributed by atoms with van der Waals surface area (Å²) in [6.45, 7) is 7.06. The molecule has 2 amide bonds. The van der Waals surface area contributed by atoms with Crippen LogP contribution in [-0.2, 0) is 0 Å². The molecule has 9 heteroatoms. The zero-order chi connectivity index (χ0) is 16.7. The van der Waals surface area contributed by atoms with E-state index in [1.807, 2.05) is 20.8 Å². The van der Waals surface area contributed by atoms with E-state index >= 15 is 0 Å². The van der Waals surface area contributed by atoms with Crippen molar-refractivity contribution in [3.05, 3.63) is 23.5 Å². The zero-order valence-electron chi connectivity index (χ0n) is 13.4. The number of carboxylic acids is 1. The van der Waals surface area contributed by atoms with E-state index in [4.69, 9.17) is 0 Å². The van der Waals surface area contributed by atoms with Gasteiger partial charge in [-0.1, -0.05) is 0 Å². The number of carbonyl (C=O) groups excluding carboxylic acids is 1. The van der Waals surface area contributed by atoms with Crippen LogP contribution in [0.1, 0.15) is 36.3 Å². The van der Waals surface area contributed by atoms with Gasteiger partial charge in [0.05, 0.1) is 6.20 Å². The molecule has 1 N–H and O–H groups in total. The number of urea groups is 1. The molecule has 0 aliphatic carbocycles. The number of fused-ring (bicyclic) bond motifs is 1. The fourth-order valence-electron chi connectivity index (χ4n) is 2.82. The molecule has 124 valence electrons. The van der Waals surface area contributed by atoms with Gasteiger partial charge in [-0.2, -0.15) is 5.10 Å². The Kier molecular flexibility index (Phi) is 5.52. The second-order valence-electron chi connectivity index (χ2n) is 5.93. The van der Waals surface area contributed by atoms with Crippen molar-refractivity contribution in [2.24, 2.45) is 0 Å². The fourth-order valence-corrected chi connectivity index (χ4v) is 2.82. The molecule has 3 heterocycles. The zero-order valence-corrected chi connectivity index (χ0v) is 13.4. The summed E-state index contributed by atoms with van der Waals surface area (Å²) in [5.41, 5.74) is 1.01. The Morgan fingerprint density at radius 2 is 2.04 bits per heavy atom. The fraction of sp³-hybridized carbons (Fsp3) is 0.467. The van der Waals surface area contributed by atoms with Crippen LogP contribution in [0.25, 0.3) is 5.65 Å². The molecular weight excluding hydrogens is 321 g/mol. The van der Waals surface area contributed by atoms with Crippen LogP contribution in [-0.4, -0.2) is 85.3 Å². The van der Waals surface area contributed by atoms with Crippen molar-refractivity contribution in [2.75, 3.05) is 18.0 Å². The van der Waals surface area contributed by atoms with E-state index in [0.717, 1.165) is 18.7 Å². The molecule has 1 fully saturated rings. The van der Waals surface area contributed by atoms with Crippen molar-refractivity contribution in [1.29, 1.82) is 0 Å². The number of nitrogens with zero attached hydrogens (tertiary/aromatic N) is 5. The number of rotatable bonds is 3. The normalized spacial score (nSPS) is 15.1. The number of anilines is 1. The summed E-state index contributed by atoms with van der Waals surface area (Å²) in [6, 6.07) is 1.77. The second-order valence-corrected chi connectivity index (χ2v) is 5.93. The van der Waals surface area contributed by atoms with Crippen LogP contribution in [0, 0.1) is 6.92 Å². The third-order valence-corrected chi connectivity index (χ3v) is 4.02. The van der Waals surface area contributed by atoms with E-state index in [9.17, 15) is 14.7 Å². The quantitative estimate of drug-likeness (QED) is 0.845. The number of hydrogen-bond acceptors (Lipinski definition) is 4. The standard InChI is InChI=1S/C15H19N5O3.Na.H/c1-9(2)18-5-4-6-19(15(18)23)12-7-10(3)20-13(17-12)11(8-16-20)14(21)22;;/h7-9H,4-6H2,1-3H3,(H,21,22);;. The van der Waals surface area contributed by atoms with Crippen LogP contribution in [0.2, 0.25) is 0 Å². The first kappa shape index (κ1) is 18.7. The number of aromatic nitrogens is 3. The summed E-state index contributed by atoms with van der Waals surface area (Å²) in [4.78, 5) is 31.7. The molecule has 1 saturated heterocycles. The molecule has 0 spiro atoms. The average molecular weight is 341 g/mol. The summed E-state index contributed by atoms with van der Waals surface area (Å²) in [7, 11) is 0. The molecule has 0 radical (unpaired) electrons. The van der Waals surface area contributed by atoms with Gasteiger partial charge in [0.1, 0.15) is 11.4 Å². The van der Waals surface area contributed by atoms with Gasteiger partial charge in [0.15, 0.2) is 5.65 Å². The van der Waals surface area contributed by atoms with E-state index in [1.54, 1.807) is 15.9 Å². The molecule has 0 atom stereocenters. The number of aryl methyl sites for hydroxylation is 1. The summed E-state index contributed by atoms with van der Waals surface area (Å²) >= 11 is 0. The predicted molar refractivity (Wildman–Crippen MR) is 91.0 cm³/mol. The number of carboxylic acid groups (broad SMARTS) is 1. The van der Waals surface area contributed by atoms with Crippen molar-refractivity contribution in [3.8, 4) is 0 Å². The molecule has 8 nitrogen and oxygen atoms in total. The topological polar surface area (TPSA) is 91.0 Å². The maximum atomic E-state index is 12.6. The van der Waals surface area contributed by atoms with Crippen LogP contribution in [0.4, 0.5) is 10.6 Å². The Morgan fingerprint density at radius 3 is 2.67 bits per heavy atom. The predicted octanol–water partition coefficient (Wildman–Crippen LogP) is 1.13. The first-order chi connectivity index (χ1) is 10.9. The number of carbonyl (C=O) groups is 2. The van der Waals surface area contributed by atoms with Gasteiger partial charge in [0, 0.05) is 30.9 Å². The van der Waals surface area contributed by atoms with Gasteiger partial charge >= 0.3 is 41.6 Å². The monoisotopic (exact) mass is 341 g/mol. The van der Waals surface area contributed by atoms with Gasteiger partial charge in [0.25, 0.3) is 0 Å². The molecule has 24 heavy (non-hydrogen) atoms. The van der Waals surface area contributed by atoms with Crippen molar-refractivity contribution in [1.82, 2.24) is 19.5 Å². The first-order valence-corrected chi connectivity index (χ1v) is 7.57. The van der Waals surface area contributed by atoms with Gasteiger partial charge in [-0.3, -0.25) is 4.90 Å². The number of amides is 2. The second kappa shape index (κ2) is 7.08. The molecule has 0 bridgehead atoms. The first-order valence-electron chi connectivity index (χ1n) is 7.57. The third kappa shape index (κ3) is 3.13. The van der Waals surface area contributed by atoms with Crippen LogP contribution < -0.4 is 4.90 Å². The molecule has 0 aromatic carbocycles. The minimum absolute atomic E-state index is 0. The van der Waals surface area contributed by atoms with Crippen molar-refractivity contribution in [2.45, 2.75) is 33.2 Å². The van der Waals surface area contributed by atoms with Crippen LogP contribution in [0.15, 0.2) is 12.3 Å². The van der Waals surface area contributed by atoms with Gasteiger partial charge < -0.3 is 10.0 Å². The Balaban J connectivity index is 0.00000208. The SMILES string of the molecule is Cc1cc(N2CCCN(C(C)C)C2=O)nc2c(C(=O)O)cnn12.[NaH]. The Hall–Kier alpha value is -1.64. The van der Waals surface area contributed by atoms with E-state index < -0.39 is 5.97 Å². The summed E-state index contributed by atoms with van der Waals surface area (Å²) < 4.78 is 1.47. The van der Waals surface area contributed by atoms with E-state index in [2.05, 4.69) is 10.1 Å². The summed E-state index contributed by atoms with van der Waals surface area (Å²) in [5, 5.41) is 13.3. The third-order valence-electron chi connectivity index (χ3n) is 4.02. The van der Waals surface area contributed by atoms with Crippen LogP contribution in [0.3, 0.4) is 0 Å². The molecule has 0 saturated carbocycles.